The number of thiocarbonyl (C=S) groups is 1. The van der Waals surface area contributed by atoms with Crippen molar-refractivity contribution in [2.75, 3.05) is 0 Å². The number of pyridine rings is 1. The Bertz CT molecular complexity index is 649. The molecule has 98 valence electrons. The van der Waals surface area contributed by atoms with Crippen molar-refractivity contribution in [1.82, 2.24) is 4.98 Å². The highest BCUT2D eigenvalue weighted by Crippen LogP contribution is 2.28. The van der Waals surface area contributed by atoms with Crippen LogP contribution in [0.25, 0.3) is 0 Å². The fourth-order valence-electron chi connectivity index (χ4n) is 1.51. The summed E-state index contributed by atoms with van der Waals surface area (Å²) in [6.45, 7) is 1.77. The third-order valence-electron chi connectivity index (χ3n) is 2.35. The molecular weight excluding hydrogens is 287 g/mol. The lowest BCUT2D eigenvalue weighted by Crippen LogP contribution is -2.10. The number of hydrogen-bond donors (Lipinski definition) is 1. The molecule has 0 radical (unpaired) electrons. The minimum Gasteiger partial charge on any atom is -0.436 e. The molecule has 1 aromatic carbocycles. The molecule has 0 atom stereocenters. The third-order valence-corrected chi connectivity index (χ3v) is 2.87. The summed E-state index contributed by atoms with van der Waals surface area (Å²) in [6, 6.07) is 7.77. The van der Waals surface area contributed by atoms with Gasteiger partial charge in [-0.25, -0.2) is 9.37 Å². The molecule has 2 rings (SSSR count). The Hall–Kier alpha value is -1.72. The van der Waals surface area contributed by atoms with Crippen LogP contribution in [0, 0.1) is 12.7 Å². The molecule has 2 aromatic rings. The quantitative estimate of drug-likeness (QED) is 0.879. The molecule has 0 aliphatic rings. The van der Waals surface area contributed by atoms with Gasteiger partial charge in [0.2, 0.25) is 5.88 Å². The van der Waals surface area contributed by atoms with Crippen LogP contribution in [-0.4, -0.2) is 9.97 Å². The van der Waals surface area contributed by atoms with Crippen molar-refractivity contribution in [3.8, 4) is 11.6 Å². The van der Waals surface area contributed by atoms with Gasteiger partial charge in [0.05, 0.1) is 5.02 Å². The number of hydrogen-bond acceptors (Lipinski definition) is 3. The van der Waals surface area contributed by atoms with Crippen LogP contribution in [0.2, 0.25) is 5.02 Å². The van der Waals surface area contributed by atoms with Gasteiger partial charge in [0, 0.05) is 17.3 Å². The van der Waals surface area contributed by atoms with Crippen LogP contribution in [0.5, 0.6) is 11.6 Å². The fourth-order valence-corrected chi connectivity index (χ4v) is 1.79. The van der Waals surface area contributed by atoms with E-state index in [2.05, 4.69) is 4.98 Å². The van der Waals surface area contributed by atoms with Gasteiger partial charge < -0.3 is 10.5 Å². The number of nitrogens with zero attached hydrogens (tertiary/aromatic N) is 1. The molecule has 6 heteroatoms. The van der Waals surface area contributed by atoms with E-state index in [-0.39, 0.29) is 21.6 Å². The zero-order chi connectivity index (χ0) is 14.0. The normalized spacial score (nSPS) is 10.3. The third kappa shape index (κ3) is 3.19. The van der Waals surface area contributed by atoms with Crippen LogP contribution in [-0.2, 0) is 0 Å². The molecule has 1 heterocycles. The molecule has 0 saturated carbocycles. The minimum absolute atomic E-state index is 0.000472. The van der Waals surface area contributed by atoms with Crippen LogP contribution < -0.4 is 10.5 Å². The Morgan fingerprint density at radius 3 is 2.84 bits per heavy atom. The van der Waals surface area contributed by atoms with Crippen LogP contribution >= 0.6 is 23.8 Å². The first kappa shape index (κ1) is 13.7. The van der Waals surface area contributed by atoms with Crippen LogP contribution in [0.1, 0.15) is 11.3 Å². The van der Waals surface area contributed by atoms with E-state index in [9.17, 15) is 4.39 Å². The maximum atomic E-state index is 13.7. The van der Waals surface area contributed by atoms with Crippen molar-refractivity contribution < 1.29 is 9.13 Å². The molecule has 0 aliphatic carbocycles. The number of aryl methyl sites for hydroxylation is 1. The van der Waals surface area contributed by atoms with Crippen LogP contribution in [0.4, 0.5) is 4.39 Å². The van der Waals surface area contributed by atoms with E-state index in [1.54, 1.807) is 25.1 Å². The number of rotatable bonds is 3. The Labute approximate surface area is 120 Å². The largest absolute Gasteiger partial charge is 0.436 e. The number of nitrogens with two attached hydrogens (primary N) is 1. The lowest BCUT2D eigenvalue weighted by molar-refractivity contribution is 0.426. The van der Waals surface area contributed by atoms with E-state index in [0.29, 0.717) is 11.3 Å². The van der Waals surface area contributed by atoms with Gasteiger partial charge >= 0.3 is 0 Å². The van der Waals surface area contributed by atoms with E-state index >= 15 is 0 Å². The molecule has 1 aromatic heterocycles. The predicted octanol–water partition coefficient (Wildman–Crippen LogP) is 3.61. The first-order valence-electron chi connectivity index (χ1n) is 5.37. The van der Waals surface area contributed by atoms with Gasteiger partial charge in [-0.05, 0) is 25.1 Å². The molecular formula is C13H10ClFN2OS. The van der Waals surface area contributed by atoms with Crippen molar-refractivity contribution in [2.24, 2.45) is 5.73 Å². The summed E-state index contributed by atoms with van der Waals surface area (Å²) >= 11 is 10.6. The summed E-state index contributed by atoms with van der Waals surface area (Å²) in [6.07, 6.45) is 0. The first-order chi connectivity index (χ1) is 8.97. The minimum atomic E-state index is -0.635. The summed E-state index contributed by atoms with van der Waals surface area (Å²) in [4.78, 5) is 4.36. The van der Waals surface area contributed by atoms with Crippen LogP contribution in [0.3, 0.4) is 0 Å². The molecule has 19 heavy (non-hydrogen) atoms. The number of ether oxygens (including phenoxy) is 1. The highest BCUT2D eigenvalue weighted by molar-refractivity contribution is 7.80. The number of aromatic nitrogens is 1. The molecule has 0 aliphatic heterocycles. The summed E-state index contributed by atoms with van der Waals surface area (Å²) in [5, 5.41) is -0.0141. The second-order valence-corrected chi connectivity index (χ2v) is 4.70. The molecule has 0 unspecified atom stereocenters. The van der Waals surface area contributed by atoms with E-state index in [1.807, 2.05) is 0 Å². The molecule has 0 fully saturated rings. The molecule has 2 N–H and O–H groups in total. The standard InChI is InChI=1S/C13H10ClFN2OS/c1-7-5-8(13(16)19)6-11(17-7)18-10-4-2-3-9(14)12(10)15/h2-6H,1H3,(H2,16,19). The van der Waals surface area contributed by atoms with Crippen molar-refractivity contribution in [1.29, 1.82) is 0 Å². The van der Waals surface area contributed by atoms with E-state index in [4.69, 9.17) is 34.3 Å². The summed E-state index contributed by atoms with van der Waals surface area (Å²) in [5.74, 6) is -0.423. The van der Waals surface area contributed by atoms with Crippen LogP contribution in [0.15, 0.2) is 30.3 Å². The molecule has 0 spiro atoms. The summed E-state index contributed by atoms with van der Waals surface area (Å²) < 4.78 is 19.1. The summed E-state index contributed by atoms with van der Waals surface area (Å²) in [5.41, 5.74) is 6.83. The molecule has 0 amide bonds. The Morgan fingerprint density at radius 1 is 1.42 bits per heavy atom. The van der Waals surface area contributed by atoms with Gasteiger partial charge in [-0.1, -0.05) is 29.9 Å². The van der Waals surface area contributed by atoms with Gasteiger partial charge in [0.1, 0.15) is 4.99 Å². The van der Waals surface area contributed by atoms with Crippen molar-refractivity contribution in [2.45, 2.75) is 6.92 Å². The monoisotopic (exact) mass is 296 g/mol. The van der Waals surface area contributed by atoms with E-state index < -0.39 is 5.82 Å². The zero-order valence-corrected chi connectivity index (χ0v) is 11.6. The average molecular weight is 297 g/mol. The Balaban J connectivity index is 2.38. The van der Waals surface area contributed by atoms with Gasteiger partial charge in [0.15, 0.2) is 11.6 Å². The summed E-state index contributed by atoms with van der Waals surface area (Å²) in [7, 11) is 0. The lowest BCUT2D eigenvalue weighted by Gasteiger charge is -2.09. The van der Waals surface area contributed by atoms with Crippen molar-refractivity contribution >= 4 is 28.8 Å². The van der Waals surface area contributed by atoms with E-state index in [0.717, 1.165) is 0 Å². The maximum Gasteiger partial charge on any atom is 0.220 e. The average Bonchev–Trinajstić information content (AvgIpc) is 2.34. The zero-order valence-electron chi connectivity index (χ0n) is 9.98. The molecule has 3 nitrogen and oxygen atoms in total. The molecule has 0 saturated heterocycles. The van der Waals surface area contributed by atoms with E-state index in [1.165, 1.54) is 12.1 Å². The first-order valence-corrected chi connectivity index (χ1v) is 6.16. The predicted molar refractivity (Wildman–Crippen MR) is 76.3 cm³/mol. The Morgan fingerprint density at radius 2 is 2.16 bits per heavy atom. The van der Waals surface area contributed by atoms with Gasteiger partial charge in [-0.15, -0.1) is 0 Å². The highest BCUT2D eigenvalue weighted by Gasteiger charge is 2.10. The molecule has 0 bridgehead atoms. The number of halogens is 2. The van der Waals surface area contributed by atoms with Gasteiger partial charge in [-0.2, -0.15) is 0 Å². The lowest BCUT2D eigenvalue weighted by atomic mass is 10.2. The second kappa shape index (κ2) is 5.50. The van der Waals surface area contributed by atoms with Gasteiger partial charge in [0.25, 0.3) is 0 Å². The Kier molecular flexibility index (Phi) is 3.97. The van der Waals surface area contributed by atoms with Crippen molar-refractivity contribution in [3.63, 3.8) is 0 Å². The SMILES string of the molecule is Cc1cc(C(N)=S)cc(Oc2cccc(Cl)c2F)n1. The fraction of sp³-hybridized carbons (Fsp3) is 0.0769. The second-order valence-electron chi connectivity index (χ2n) is 3.85. The van der Waals surface area contributed by atoms with Crippen molar-refractivity contribution in [3.05, 3.63) is 52.4 Å². The topological polar surface area (TPSA) is 48.1 Å². The highest BCUT2D eigenvalue weighted by atomic mass is 35.5. The number of benzene rings is 1. The maximum absolute atomic E-state index is 13.7. The smallest absolute Gasteiger partial charge is 0.220 e. The van der Waals surface area contributed by atoms with Gasteiger partial charge in [-0.3, -0.25) is 0 Å².